The van der Waals surface area contributed by atoms with E-state index in [0.717, 1.165) is 22.1 Å². The second-order valence-electron chi connectivity index (χ2n) is 3.64. The predicted molar refractivity (Wildman–Crippen MR) is 70.8 cm³/mol. The number of hydrogen-bond donors (Lipinski definition) is 2. The van der Waals surface area contributed by atoms with Gasteiger partial charge in [-0.25, -0.2) is 10.2 Å². The van der Waals surface area contributed by atoms with Gasteiger partial charge in [-0.3, -0.25) is 0 Å². The van der Waals surface area contributed by atoms with Gasteiger partial charge in [0, 0.05) is 10.9 Å². The maximum atomic E-state index is 10.5. The molecule has 3 N–H and O–H groups in total. The Morgan fingerprint density at radius 2 is 2.00 bits per heavy atom. The van der Waals surface area contributed by atoms with E-state index in [4.69, 9.17) is 10.5 Å². The minimum absolute atomic E-state index is 0.691. The van der Waals surface area contributed by atoms with E-state index < -0.39 is 6.03 Å². The number of carbonyl (C=O) groups is 1. The third kappa shape index (κ3) is 2.40. The van der Waals surface area contributed by atoms with E-state index in [1.807, 2.05) is 36.4 Å². The Balaban J connectivity index is 2.46. The summed E-state index contributed by atoms with van der Waals surface area (Å²) < 4.78 is 5.29. The topological polar surface area (TPSA) is 76.7 Å². The minimum atomic E-state index is -0.691. The molecule has 2 aromatic rings. The van der Waals surface area contributed by atoms with E-state index in [-0.39, 0.29) is 0 Å². The lowest BCUT2D eigenvalue weighted by molar-refractivity contribution is 0.249. The van der Waals surface area contributed by atoms with Gasteiger partial charge in [0.1, 0.15) is 5.75 Å². The molecule has 0 spiro atoms. The summed E-state index contributed by atoms with van der Waals surface area (Å²) in [7, 11) is 1.63. The van der Waals surface area contributed by atoms with Crippen LogP contribution >= 0.6 is 0 Å². The molecule has 0 atom stereocenters. The van der Waals surface area contributed by atoms with Gasteiger partial charge in [-0.05, 0) is 17.5 Å². The Morgan fingerprint density at radius 3 is 2.67 bits per heavy atom. The molecule has 0 saturated heterocycles. The Morgan fingerprint density at radius 1 is 1.28 bits per heavy atom. The number of fused-ring (bicyclic) bond motifs is 1. The number of primary amides is 1. The number of urea groups is 1. The summed E-state index contributed by atoms with van der Waals surface area (Å²) in [5.74, 6) is 0.797. The highest BCUT2D eigenvalue weighted by Crippen LogP contribution is 2.27. The molecule has 0 radical (unpaired) electrons. The van der Waals surface area contributed by atoms with Gasteiger partial charge in [0.2, 0.25) is 0 Å². The maximum Gasteiger partial charge on any atom is 0.332 e. The van der Waals surface area contributed by atoms with Crippen molar-refractivity contribution >= 4 is 23.0 Å². The smallest absolute Gasteiger partial charge is 0.332 e. The van der Waals surface area contributed by atoms with E-state index in [0.29, 0.717) is 0 Å². The number of ether oxygens (including phenoxy) is 1. The minimum Gasteiger partial charge on any atom is -0.496 e. The molecule has 18 heavy (non-hydrogen) atoms. The van der Waals surface area contributed by atoms with Crippen LogP contribution in [0.2, 0.25) is 0 Å². The van der Waals surface area contributed by atoms with Gasteiger partial charge in [0.25, 0.3) is 0 Å². The van der Waals surface area contributed by atoms with Crippen molar-refractivity contribution in [1.29, 1.82) is 0 Å². The van der Waals surface area contributed by atoms with Crippen LogP contribution in [-0.4, -0.2) is 19.4 Å². The molecule has 5 heteroatoms. The summed E-state index contributed by atoms with van der Waals surface area (Å²) in [4.78, 5) is 10.5. The summed E-state index contributed by atoms with van der Waals surface area (Å²) in [5.41, 5.74) is 7.97. The normalized spacial score (nSPS) is 10.7. The van der Waals surface area contributed by atoms with Crippen LogP contribution in [0.4, 0.5) is 4.79 Å². The van der Waals surface area contributed by atoms with Crippen LogP contribution in [0, 0.1) is 0 Å². The summed E-state index contributed by atoms with van der Waals surface area (Å²) in [5, 5.41) is 5.74. The maximum absolute atomic E-state index is 10.5. The zero-order valence-corrected chi connectivity index (χ0v) is 9.88. The lowest BCUT2D eigenvalue weighted by Gasteiger charge is -2.07. The largest absolute Gasteiger partial charge is 0.496 e. The zero-order valence-electron chi connectivity index (χ0n) is 9.88. The second-order valence-corrected chi connectivity index (χ2v) is 3.64. The van der Waals surface area contributed by atoms with Gasteiger partial charge in [0.15, 0.2) is 0 Å². The van der Waals surface area contributed by atoms with Crippen LogP contribution < -0.4 is 15.9 Å². The lowest BCUT2D eigenvalue weighted by Crippen LogP contribution is -2.24. The standard InChI is InChI=1S/C13H13N3O2/c1-18-12-7-6-9(8-15-16-13(14)17)10-4-2-3-5-11(10)12/h2-8H,1H3,(H3,14,16,17)/b15-8+. The molecular formula is C13H13N3O2. The van der Waals surface area contributed by atoms with E-state index in [1.54, 1.807) is 13.3 Å². The number of nitrogens with two attached hydrogens (primary N) is 1. The van der Waals surface area contributed by atoms with Gasteiger partial charge in [-0.1, -0.05) is 24.3 Å². The fraction of sp³-hybridized carbons (Fsp3) is 0.0769. The van der Waals surface area contributed by atoms with Crippen molar-refractivity contribution in [2.24, 2.45) is 10.8 Å². The number of amides is 2. The van der Waals surface area contributed by atoms with Crippen LogP contribution in [0.5, 0.6) is 5.75 Å². The number of benzene rings is 2. The number of carbonyl (C=O) groups excluding carboxylic acids is 1. The van der Waals surface area contributed by atoms with Crippen molar-refractivity contribution in [2.45, 2.75) is 0 Å². The summed E-state index contributed by atoms with van der Waals surface area (Å²) in [6.45, 7) is 0. The molecule has 0 aliphatic carbocycles. The van der Waals surface area contributed by atoms with Gasteiger partial charge in [0.05, 0.1) is 13.3 Å². The molecule has 0 heterocycles. The summed E-state index contributed by atoms with van der Waals surface area (Å²) in [6, 6.07) is 10.8. The monoisotopic (exact) mass is 243 g/mol. The molecule has 0 saturated carbocycles. The van der Waals surface area contributed by atoms with Crippen LogP contribution in [-0.2, 0) is 0 Å². The first-order chi connectivity index (χ1) is 8.72. The molecule has 0 unspecified atom stereocenters. The molecule has 0 aromatic heterocycles. The van der Waals surface area contributed by atoms with Crippen molar-refractivity contribution in [2.75, 3.05) is 7.11 Å². The third-order valence-corrected chi connectivity index (χ3v) is 2.52. The molecule has 0 fully saturated rings. The highest BCUT2D eigenvalue weighted by atomic mass is 16.5. The van der Waals surface area contributed by atoms with E-state index in [1.165, 1.54) is 0 Å². The predicted octanol–water partition coefficient (Wildman–Crippen LogP) is 1.85. The first-order valence-electron chi connectivity index (χ1n) is 5.36. The van der Waals surface area contributed by atoms with Crippen molar-refractivity contribution in [1.82, 2.24) is 5.43 Å². The van der Waals surface area contributed by atoms with Gasteiger partial charge < -0.3 is 10.5 Å². The molecule has 2 amide bonds. The van der Waals surface area contributed by atoms with Gasteiger partial charge >= 0.3 is 6.03 Å². The quantitative estimate of drug-likeness (QED) is 0.637. The number of hydrogen-bond acceptors (Lipinski definition) is 3. The van der Waals surface area contributed by atoms with Gasteiger partial charge in [-0.2, -0.15) is 5.10 Å². The Bertz CT molecular complexity index is 608. The first kappa shape index (κ1) is 11.9. The number of rotatable bonds is 3. The third-order valence-electron chi connectivity index (χ3n) is 2.52. The van der Waals surface area contributed by atoms with Crippen LogP contribution in [0.3, 0.4) is 0 Å². The van der Waals surface area contributed by atoms with Gasteiger partial charge in [-0.15, -0.1) is 0 Å². The van der Waals surface area contributed by atoms with Crippen molar-refractivity contribution in [3.05, 3.63) is 42.0 Å². The highest BCUT2D eigenvalue weighted by Gasteiger charge is 2.03. The Hall–Kier alpha value is -2.56. The molecule has 2 rings (SSSR count). The molecular weight excluding hydrogens is 230 g/mol. The fourth-order valence-electron chi connectivity index (χ4n) is 1.75. The molecule has 0 aliphatic rings. The van der Waals surface area contributed by atoms with E-state index >= 15 is 0 Å². The number of nitrogens with one attached hydrogen (secondary N) is 1. The lowest BCUT2D eigenvalue weighted by atomic mass is 10.0. The molecule has 5 nitrogen and oxygen atoms in total. The Kier molecular flexibility index (Phi) is 3.43. The van der Waals surface area contributed by atoms with E-state index in [2.05, 4.69) is 10.5 Å². The highest BCUT2D eigenvalue weighted by molar-refractivity contribution is 6.02. The summed E-state index contributed by atoms with van der Waals surface area (Å²) >= 11 is 0. The number of hydrazone groups is 1. The van der Waals surface area contributed by atoms with Crippen LogP contribution in [0.1, 0.15) is 5.56 Å². The molecule has 0 bridgehead atoms. The number of methoxy groups -OCH3 is 1. The van der Waals surface area contributed by atoms with Crippen LogP contribution in [0.25, 0.3) is 10.8 Å². The van der Waals surface area contributed by atoms with Crippen molar-refractivity contribution < 1.29 is 9.53 Å². The Labute approximate surface area is 104 Å². The molecule has 2 aromatic carbocycles. The zero-order chi connectivity index (χ0) is 13.0. The first-order valence-corrected chi connectivity index (χ1v) is 5.36. The van der Waals surface area contributed by atoms with Crippen LogP contribution in [0.15, 0.2) is 41.5 Å². The fourth-order valence-corrected chi connectivity index (χ4v) is 1.75. The molecule has 92 valence electrons. The average molecular weight is 243 g/mol. The second kappa shape index (κ2) is 5.18. The van der Waals surface area contributed by atoms with E-state index in [9.17, 15) is 4.79 Å². The average Bonchev–Trinajstić information content (AvgIpc) is 2.38. The molecule has 0 aliphatic heterocycles. The summed E-state index contributed by atoms with van der Waals surface area (Å²) in [6.07, 6.45) is 1.55. The number of nitrogens with zero attached hydrogens (tertiary/aromatic N) is 1. The van der Waals surface area contributed by atoms with Crippen molar-refractivity contribution in [3.63, 3.8) is 0 Å². The van der Waals surface area contributed by atoms with Crippen molar-refractivity contribution in [3.8, 4) is 5.75 Å². The SMILES string of the molecule is COc1ccc(/C=N/NC(N)=O)c2ccccc12.